The summed E-state index contributed by atoms with van der Waals surface area (Å²) in [5.74, 6) is -0.366. The van der Waals surface area contributed by atoms with Crippen molar-refractivity contribution in [1.29, 1.82) is 0 Å². The van der Waals surface area contributed by atoms with Crippen LogP contribution in [-0.4, -0.2) is 13.1 Å². The van der Waals surface area contributed by atoms with Crippen LogP contribution in [0.15, 0.2) is 18.2 Å². The first-order valence-corrected chi connectivity index (χ1v) is 5.07. The molecule has 3 nitrogen and oxygen atoms in total. The summed E-state index contributed by atoms with van der Waals surface area (Å²) in [5, 5.41) is 0. The Hall–Kier alpha value is -1.35. The molecule has 2 unspecified atom stereocenters. The maximum Gasteiger partial charge on any atom is 0.313 e. The molecule has 3 heteroatoms. The molecule has 2 atom stereocenters. The highest BCUT2D eigenvalue weighted by Crippen LogP contribution is 2.39. The van der Waals surface area contributed by atoms with E-state index in [1.54, 1.807) is 0 Å². The van der Waals surface area contributed by atoms with Gasteiger partial charge in [-0.05, 0) is 24.5 Å². The highest BCUT2D eigenvalue weighted by molar-refractivity contribution is 5.80. The van der Waals surface area contributed by atoms with Crippen molar-refractivity contribution < 1.29 is 9.53 Å². The zero-order chi connectivity index (χ0) is 11.0. The van der Waals surface area contributed by atoms with Gasteiger partial charge in [-0.3, -0.25) is 4.79 Å². The summed E-state index contributed by atoms with van der Waals surface area (Å²) in [5.41, 5.74) is 9.24. The number of benzene rings is 1. The number of esters is 1. The van der Waals surface area contributed by atoms with Crippen LogP contribution in [0.5, 0.6) is 0 Å². The Bertz CT molecular complexity index is 401. The molecule has 0 bridgehead atoms. The first-order chi connectivity index (χ1) is 7.13. The smallest absolute Gasteiger partial charge is 0.313 e. The number of aryl methyl sites for hydroxylation is 1. The van der Waals surface area contributed by atoms with E-state index in [1.165, 1.54) is 7.11 Å². The molecule has 0 spiro atoms. The second-order valence-corrected chi connectivity index (χ2v) is 4.05. The Labute approximate surface area is 89.2 Å². The van der Waals surface area contributed by atoms with E-state index >= 15 is 0 Å². The minimum atomic E-state index is -0.185. The molecule has 0 saturated heterocycles. The quantitative estimate of drug-likeness (QED) is 0.709. The predicted octanol–water partition coefficient (Wildman–Crippen LogP) is 1.66. The Balaban J connectivity index is 2.44. The van der Waals surface area contributed by atoms with Crippen LogP contribution in [0, 0.1) is 6.92 Å². The molecule has 1 aliphatic carbocycles. The number of rotatable bonds is 1. The van der Waals surface area contributed by atoms with Gasteiger partial charge in [0.15, 0.2) is 0 Å². The third kappa shape index (κ3) is 1.63. The summed E-state index contributed by atoms with van der Waals surface area (Å²) in [6.07, 6.45) is 0.658. The van der Waals surface area contributed by atoms with Gasteiger partial charge in [0.25, 0.3) is 0 Å². The van der Waals surface area contributed by atoms with Crippen molar-refractivity contribution in [1.82, 2.24) is 0 Å². The zero-order valence-electron chi connectivity index (χ0n) is 8.99. The number of hydrogen-bond acceptors (Lipinski definition) is 3. The highest BCUT2D eigenvalue weighted by Gasteiger charge is 2.34. The molecule has 1 aromatic rings. The van der Waals surface area contributed by atoms with Gasteiger partial charge in [-0.1, -0.05) is 23.8 Å². The van der Waals surface area contributed by atoms with Crippen molar-refractivity contribution in [2.45, 2.75) is 25.3 Å². The average Bonchev–Trinajstić information content (AvgIpc) is 2.54. The fraction of sp³-hybridized carbons (Fsp3) is 0.417. The van der Waals surface area contributed by atoms with Gasteiger partial charge in [-0.15, -0.1) is 0 Å². The lowest BCUT2D eigenvalue weighted by molar-refractivity contribution is -0.142. The van der Waals surface area contributed by atoms with Gasteiger partial charge in [0.1, 0.15) is 0 Å². The number of ether oxygens (including phenoxy) is 1. The van der Waals surface area contributed by atoms with Gasteiger partial charge in [-0.2, -0.15) is 0 Å². The van der Waals surface area contributed by atoms with E-state index in [2.05, 4.69) is 0 Å². The van der Waals surface area contributed by atoms with Gasteiger partial charge in [0.2, 0.25) is 0 Å². The van der Waals surface area contributed by atoms with Crippen LogP contribution >= 0.6 is 0 Å². The van der Waals surface area contributed by atoms with E-state index in [1.807, 2.05) is 25.1 Å². The number of carbonyl (C=O) groups excluding carboxylic acids is 1. The molecular weight excluding hydrogens is 190 g/mol. The van der Waals surface area contributed by atoms with Gasteiger partial charge < -0.3 is 10.5 Å². The molecule has 0 heterocycles. The normalized spacial score (nSPS) is 23.7. The molecule has 1 aromatic carbocycles. The van der Waals surface area contributed by atoms with Crippen molar-refractivity contribution in [3.05, 3.63) is 34.9 Å². The number of nitrogens with two attached hydrogens (primary N) is 1. The van der Waals surface area contributed by atoms with Crippen molar-refractivity contribution in [3.8, 4) is 0 Å². The fourth-order valence-electron chi connectivity index (χ4n) is 2.21. The van der Waals surface area contributed by atoms with Crippen LogP contribution in [0.4, 0.5) is 0 Å². The fourth-order valence-corrected chi connectivity index (χ4v) is 2.21. The molecule has 2 N–H and O–H groups in total. The number of methoxy groups -OCH3 is 1. The molecular formula is C12H15NO2. The Morgan fingerprint density at radius 2 is 2.20 bits per heavy atom. The molecule has 0 amide bonds. The zero-order valence-corrected chi connectivity index (χ0v) is 8.99. The van der Waals surface area contributed by atoms with Crippen LogP contribution in [0.3, 0.4) is 0 Å². The van der Waals surface area contributed by atoms with Crippen molar-refractivity contribution >= 4 is 5.97 Å². The van der Waals surface area contributed by atoms with E-state index in [0.29, 0.717) is 6.42 Å². The number of fused-ring (bicyclic) bond motifs is 1. The summed E-state index contributed by atoms with van der Waals surface area (Å²) in [4.78, 5) is 11.6. The van der Waals surface area contributed by atoms with E-state index in [4.69, 9.17) is 10.5 Å². The standard InChI is InChI=1S/C12H15NO2/c1-7-3-4-8-9(5-7)10(6-11(8)13)12(14)15-2/h3-5,10-11H,6,13H2,1-2H3. The second-order valence-electron chi connectivity index (χ2n) is 4.05. The lowest BCUT2D eigenvalue weighted by Crippen LogP contribution is -2.13. The monoisotopic (exact) mass is 205 g/mol. The third-order valence-corrected chi connectivity index (χ3v) is 2.99. The Morgan fingerprint density at radius 1 is 1.47 bits per heavy atom. The van der Waals surface area contributed by atoms with Gasteiger partial charge in [0.05, 0.1) is 13.0 Å². The molecule has 1 aliphatic rings. The molecule has 0 aromatic heterocycles. The second kappa shape index (κ2) is 3.66. The minimum Gasteiger partial charge on any atom is -0.469 e. The van der Waals surface area contributed by atoms with Crippen LogP contribution in [0.2, 0.25) is 0 Å². The third-order valence-electron chi connectivity index (χ3n) is 2.99. The van der Waals surface area contributed by atoms with Crippen LogP contribution < -0.4 is 5.73 Å². The highest BCUT2D eigenvalue weighted by atomic mass is 16.5. The first-order valence-electron chi connectivity index (χ1n) is 5.07. The molecule has 15 heavy (non-hydrogen) atoms. The number of hydrogen-bond donors (Lipinski definition) is 1. The topological polar surface area (TPSA) is 52.3 Å². The van der Waals surface area contributed by atoms with Crippen molar-refractivity contribution in [2.24, 2.45) is 5.73 Å². The summed E-state index contributed by atoms with van der Waals surface area (Å²) in [6.45, 7) is 2.01. The molecule has 2 rings (SSSR count). The number of carbonyl (C=O) groups is 1. The lowest BCUT2D eigenvalue weighted by Gasteiger charge is -2.08. The van der Waals surface area contributed by atoms with E-state index in [0.717, 1.165) is 16.7 Å². The maximum absolute atomic E-state index is 11.6. The summed E-state index contributed by atoms with van der Waals surface area (Å²) in [7, 11) is 1.42. The summed E-state index contributed by atoms with van der Waals surface area (Å²) in [6, 6.07) is 6.03. The van der Waals surface area contributed by atoms with E-state index in [9.17, 15) is 4.79 Å². The summed E-state index contributed by atoms with van der Waals surface area (Å²) < 4.78 is 4.78. The van der Waals surface area contributed by atoms with E-state index in [-0.39, 0.29) is 17.9 Å². The largest absolute Gasteiger partial charge is 0.469 e. The molecule has 0 radical (unpaired) electrons. The van der Waals surface area contributed by atoms with Gasteiger partial charge in [-0.25, -0.2) is 0 Å². The molecule has 0 aliphatic heterocycles. The Kier molecular flexibility index (Phi) is 2.49. The van der Waals surface area contributed by atoms with E-state index < -0.39 is 0 Å². The molecule has 0 fully saturated rings. The van der Waals surface area contributed by atoms with Crippen LogP contribution in [-0.2, 0) is 9.53 Å². The van der Waals surface area contributed by atoms with Crippen molar-refractivity contribution in [2.75, 3.05) is 7.11 Å². The maximum atomic E-state index is 11.6. The first kappa shape index (κ1) is 10.2. The Morgan fingerprint density at radius 3 is 2.87 bits per heavy atom. The van der Waals surface area contributed by atoms with Gasteiger partial charge >= 0.3 is 5.97 Å². The van der Waals surface area contributed by atoms with Crippen molar-refractivity contribution in [3.63, 3.8) is 0 Å². The minimum absolute atomic E-state index is 0.0373. The SMILES string of the molecule is COC(=O)C1CC(N)c2ccc(C)cc21. The summed E-state index contributed by atoms with van der Waals surface area (Å²) >= 11 is 0. The molecule has 0 saturated carbocycles. The average molecular weight is 205 g/mol. The van der Waals surface area contributed by atoms with Crippen LogP contribution in [0.25, 0.3) is 0 Å². The van der Waals surface area contributed by atoms with Crippen LogP contribution in [0.1, 0.15) is 35.1 Å². The molecule has 80 valence electrons. The predicted molar refractivity (Wildman–Crippen MR) is 57.5 cm³/mol. The van der Waals surface area contributed by atoms with Gasteiger partial charge in [0, 0.05) is 6.04 Å². The lowest BCUT2D eigenvalue weighted by atomic mass is 10.00.